The number of rotatable bonds is 7. The van der Waals surface area contributed by atoms with E-state index < -0.39 is 11.9 Å². The Hall–Kier alpha value is -3.33. The van der Waals surface area contributed by atoms with E-state index in [-0.39, 0.29) is 13.0 Å². The highest BCUT2D eigenvalue weighted by molar-refractivity contribution is 5.92. The van der Waals surface area contributed by atoms with Crippen molar-refractivity contribution in [3.63, 3.8) is 0 Å². The van der Waals surface area contributed by atoms with Gasteiger partial charge in [0, 0.05) is 11.3 Å². The van der Waals surface area contributed by atoms with Crippen LogP contribution in [0.5, 0.6) is 5.75 Å². The first-order chi connectivity index (χ1) is 12.5. The minimum Gasteiger partial charge on any atom is -0.496 e. The summed E-state index contributed by atoms with van der Waals surface area (Å²) in [5.41, 5.74) is 3.16. The van der Waals surface area contributed by atoms with Gasteiger partial charge in [-0.1, -0.05) is 29.8 Å². The van der Waals surface area contributed by atoms with Crippen molar-refractivity contribution in [2.24, 2.45) is 0 Å². The summed E-state index contributed by atoms with van der Waals surface area (Å²) in [5, 5.41) is 11.3. The first kappa shape index (κ1) is 19.0. The Labute approximate surface area is 152 Å². The summed E-state index contributed by atoms with van der Waals surface area (Å²) in [5.74, 6) is -0.328. The summed E-state index contributed by atoms with van der Waals surface area (Å²) in [7, 11) is 1.54. The van der Waals surface area contributed by atoms with Gasteiger partial charge in [0.05, 0.1) is 26.0 Å². The lowest BCUT2D eigenvalue weighted by Crippen LogP contribution is -2.21. The molecule has 6 heteroatoms. The Morgan fingerprint density at radius 2 is 1.88 bits per heavy atom. The Morgan fingerprint density at radius 1 is 1.15 bits per heavy atom. The van der Waals surface area contributed by atoms with Gasteiger partial charge in [-0.25, -0.2) is 0 Å². The number of ether oxygens (including phenoxy) is 2. The van der Waals surface area contributed by atoms with E-state index in [1.807, 2.05) is 19.1 Å². The molecule has 0 saturated carbocycles. The lowest BCUT2D eigenvalue weighted by Gasteiger charge is -2.10. The number of esters is 1. The van der Waals surface area contributed by atoms with Crippen molar-refractivity contribution in [1.29, 1.82) is 5.26 Å². The van der Waals surface area contributed by atoms with Gasteiger partial charge in [-0.15, -0.1) is 0 Å². The van der Waals surface area contributed by atoms with Crippen LogP contribution in [0.4, 0.5) is 5.69 Å². The minimum absolute atomic E-state index is 0.0288. The van der Waals surface area contributed by atoms with E-state index in [2.05, 4.69) is 11.4 Å². The number of amides is 1. The van der Waals surface area contributed by atoms with Crippen LogP contribution in [0.3, 0.4) is 0 Å². The highest BCUT2D eigenvalue weighted by Gasteiger charge is 2.12. The lowest BCUT2D eigenvalue weighted by molar-refractivity contribution is -0.146. The van der Waals surface area contributed by atoms with Gasteiger partial charge in [0.25, 0.3) is 5.91 Å². The van der Waals surface area contributed by atoms with E-state index >= 15 is 0 Å². The second kappa shape index (κ2) is 9.23. The molecule has 0 radical (unpaired) electrons. The molecule has 0 aromatic heterocycles. The van der Waals surface area contributed by atoms with Crippen LogP contribution in [0.2, 0.25) is 0 Å². The molecule has 0 aliphatic heterocycles. The zero-order valence-electron chi connectivity index (χ0n) is 14.7. The Morgan fingerprint density at radius 3 is 2.54 bits per heavy atom. The van der Waals surface area contributed by atoms with Crippen LogP contribution in [0.1, 0.15) is 16.7 Å². The number of anilines is 1. The fourth-order valence-corrected chi connectivity index (χ4v) is 2.39. The summed E-state index contributed by atoms with van der Waals surface area (Å²) in [4.78, 5) is 23.9. The maximum atomic E-state index is 12.0. The molecule has 0 unspecified atom stereocenters. The van der Waals surface area contributed by atoms with Crippen molar-refractivity contribution >= 4 is 17.6 Å². The third kappa shape index (κ3) is 5.64. The second-order valence-electron chi connectivity index (χ2n) is 5.73. The highest BCUT2D eigenvalue weighted by Crippen LogP contribution is 2.20. The third-order valence-corrected chi connectivity index (χ3v) is 3.66. The number of nitrogens with one attached hydrogen (secondary N) is 1. The average Bonchev–Trinajstić information content (AvgIpc) is 2.62. The van der Waals surface area contributed by atoms with Gasteiger partial charge in [-0.3, -0.25) is 9.59 Å². The maximum absolute atomic E-state index is 12.0. The molecule has 1 N–H and O–H groups in total. The molecule has 6 nitrogen and oxygen atoms in total. The predicted octanol–water partition coefficient (Wildman–Crippen LogP) is 2.79. The van der Waals surface area contributed by atoms with Crippen LogP contribution in [0.15, 0.2) is 42.5 Å². The third-order valence-electron chi connectivity index (χ3n) is 3.66. The monoisotopic (exact) mass is 352 g/mol. The molecule has 2 aromatic rings. The summed E-state index contributed by atoms with van der Waals surface area (Å²) in [6.07, 6.45) is 0.343. The number of methoxy groups -OCH3 is 1. The van der Waals surface area contributed by atoms with Crippen molar-refractivity contribution in [3.05, 3.63) is 59.2 Å². The molecule has 0 spiro atoms. The number of aryl methyl sites for hydroxylation is 1. The van der Waals surface area contributed by atoms with E-state index in [9.17, 15) is 9.59 Å². The van der Waals surface area contributed by atoms with Gasteiger partial charge in [0.15, 0.2) is 6.61 Å². The Kier molecular flexibility index (Phi) is 6.75. The molecule has 2 rings (SSSR count). The molecule has 1 amide bonds. The van der Waals surface area contributed by atoms with Crippen LogP contribution in [0.25, 0.3) is 0 Å². The normalized spacial score (nSPS) is 9.88. The van der Waals surface area contributed by atoms with Gasteiger partial charge >= 0.3 is 5.97 Å². The number of nitrogens with zero attached hydrogens (tertiary/aromatic N) is 1. The van der Waals surface area contributed by atoms with Gasteiger partial charge in [-0.05, 0) is 30.7 Å². The summed E-state index contributed by atoms with van der Waals surface area (Å²) in [6.45, 7) is 1.55. The minimum atomic E-state index is -0.506. The topological polar surface area (TPSA) is 88.4 Å². The molecule has 0 aliphatic rings. The van der Waals surface area contributed by atoms with Crippen molar-refractivity contribution < 1.29 is 19.1 Å². The molecule has 134 valence electrons. The van der Waals surface area contributed by atoms with E-state index in [4.69, 9.17) is 14.7 Å². The van der Waals surface area contributed by atoms with Crippen LogP contribution in [-0.4, -0.2) is 25.6 Å². The smallest absolute Gasteiger partial charge is 0.310 e. The molecule has 0 atom stereocenters. The summed E-state index contributed by atoms with van der Waals surface area (Å²) < 4.78 is 10.3. The van der Waals surface area contributed by atoms with E-state index in [0.717, 1.165) is 11.1 Å². The van der Waals surface area contributed by atoms with Crippen molar-refractivity contribution in [2.75, 3.05) is 19.0 Å². The zero-order valence-corrected chi connectivity index (χ0v) is 14.7. The van der Waals surface area contributed by atoms with Crippen LogP contribution < -0.4 is 10.1 Å². The first-order valence-corrected chi connectivity index (χ1v) is 8.06. The lowest BCUT2D eigenvalue weighted by atomic mass is 10.1. The Bertz CT molecular complexity index is 823. The molecule has 0 bridgehead atoms. The van der Waals surface area contributed by atoms with E-state index in [0.29, 0.717) is 23.4 Å². The van der Waals surface area contributed by atoms with Gasteiger partial charge < -0.3 is 14.8 Å². The van der Waals surface area contributed by atoms with Gasteiger partial charge in [0.2, 0.25) is 0 Å². The molecule has 0 fully saturated rings. The largest absolute Gasteiger partial charge is 0.496 e. The molecule has 0 aliphatic carbocycles. The van der Waals surface area contributed by atoms with Crippen molar-refractivity contribution in [3.8, 4) is 11.8 Å². The molecular weight excluding hydrogens is 332 g/mol. The predicted molar refractivity (Wildman–Crippen MR) is 96.8 cm³/mol. The number of benzene rings is 2. The number of hydrogen-bond donors (Lipinski definition) is 1. The van der Waals surface area contributed by atoms with E-state index in [1.54, 1.807) is 30.3 Å². The Balaban J connectivity index is 1.84. The standard InChI is InChI=1S/C20H20N2O4/c1-14-3-8-18(25-2)16(11-14)12-20(24)26-13-19(23)22-17-6-4-15(5-7-17)9-10-21/h3-8,11H,9,12-13H2,1-2H3,(H,22,23). The molecule has 26 heavy (non-hydrogen) atoms. The van der Waals surface area contributed by atoms with Crippen LogP contribution in [0, 0.1) is 18.3 Å². The summed E-state index contributed by atoms with van der Waals surface area (Å²) in [6, 6.07) is 14.5. The summed E-state index contributed by atoms with van der Waals surface area (Å²) >= 11 is 0. The number of nitriles is 1. The number of hydrogen-bond acceptors (Lipinski definition) is 5. The molecule has 2 aromatic carbocycles. The van der Waals surface area contributed by atoms with Crippen molar-refractivity contribution in [2.45, 2.75) is 19.8 Å². The highest BCUT2D eigenvalue weighted by atomic mass is 16.5. The van der Waals surface area contributed by atoms with Crippen LogP contribution >= 0.6 is 0 Å². The van der Waals surface area contributed by atoms with E-state index in [1.165, 1.54) is 7.11 Å². The quantitative estimate of drug-likeness (QED) is 0.774. The second-order valence-corrected chi connectivity index (χ2v) is 5.73. The number of carbonyl (C=O) groups is 2. The number of carbonyl (C=O) groups excluding carboxylic acids is 2. The average molecular weight is 352 g/mol. The van der Waals surface area contributed by atoms with Crippen LogP contribution in [-0.2, 0) is 27.2 Å². The maximum Gasteiger partial charge on any atom is 0.310 e. The van der Waals surface area contributed by atoms with Crippen molar-refractivity contribution in [1.82, 2.24) is 0 Å². The zero-order chi connectivity index (χ0) is 18.9. The molecular formula is C20H20N2O4. The van der Waals surface area contributed by atoms with Gasteiger partial charge in [-0.2, -0.15) is 5.26 Å². The fourth-order valence-electron chi connectivity index (χ4n) is 2.39. The first-order valence-electron chi connectivity index (χ1n) is 8.06. The fraction of sp³-hybridized carbons (Fsp3) is 0.250. The van der Waals surface area contributed by atoms with Gasteiger partial charge in [0.1, 0.15) is 5.75 Å². The molecule has 0 heterocycles. The SMILES string of the molecule is COc1ccc(C)cc1CC(=O)OCC(=O)Nc1ccc(CC#N)cc1. The molecule has 0 saturated heterocycles.